The number of unbranched alkanes of at least 4 members (excludes halogenated alkanes) is 1. The third-order valence-corrected chi connectivity index (χ3v) is 5.88. The maximum atomic E-state index is 11.8. The lowest BCUT2D eigenvalue weighted by Crippen LogP contribution is -2.44. The van der Waals surface area contributed by atoms with Crippen LogP contribution in [-0.2, 0) is 16.0 Å². The summed E-state index contributed by atoms with van der Waals surface area (Å²) in [4.78, 5) is 22.7. The molecule has 0 aromatic heterocycles. The minimum Gasteiger partial charge on any atom is -0.478 e. The van der Waals surface area contributed by atoms with Crippen LogP contribution in [-0.4, -0.2) is 35.7 Å². The molecule has 27 heavy (non-hydrogen) atoms. The number of carboxylic acid groups (broad SMARTS) is 1. The predicted octanol–water partition coefficient (Wildman–Crippen LogP) is 2.92. The van der Waals surface area contributed by atoms with Gasteiger partial charge < -0.3 is 9.84 Å². The first-order valence-electron chi connectivity index (χ1n) is 10.1. The maximum absolute atomic E-state index is 11.8. The van der Waals surface area contributed by atoms with Crippen LogP contribution in [0.3, 0.4) is 0 Å². The lowest BCUT2D eigenvalue weighted by Gasteiger charge is -2.28. The van der Waals surface area contributed by atoms with Gasteiger partial charge in [0, 0.05) is 18.9 Å². The summed E-state index contributed by atoms with van der Waals surface area (Å²) in [6.07, 6.45) is 7.24. The molecule has 6 nitrogen and oxygen atoms in total. The molecule has 2 aliphatic rings. The van der Waals surface area contributed by atoms with Crippen LogP contribution in [0.25, 0.3) is 0 Å². The van der Waals surface area contributed by atoms with Crippen molar-refractivity contribution >= 4 is 11.9 Å². The molecule has 0 unspecified atom stereocenters. The molecule has 1 aromatic rings. The van der Waals surface area contributed by atoms with E-state index in [4.69, 9.17) is 9.84 Å². The van der Waals surface area contributed by atoms with Gasteiger partial charge in [0.2, 0.25) is 5.91 Å². The van der Waals surface area contributed by atoms with Gasteiger partial charge >= 0.3 is 5.97 Å². The minimum absolute atomic E-state index is 0.0518. The summed E-state index contributed by atoms with van der Waals surface area (Å²) in [7, 11) is 0. The van der Waals surface area contributed by atoms with Crippen molar-refractivity contribution in [1.82, 2.24) is 10.9 Å². The summed E-state index contributed by atoms with van der Waals surface area (Å²) in [5.41, 5.74) is 7.42. The number of nitrogens with one attached hydrogen (secondary N) is 2. The second-order valence-electron chi connectivity index (χ2n) is 7.69. The summed E-state index contributed by atoms with van der Waals surface area (Å²) in [5.74, 6) is 0.0441. The Morgan fingerprint density at radius 2 is 1.85 bits per heavy atom. The predicted molar refractivity (Wildman–Crippen MR) is 102 cm³/mol. The summed E-state index contributed by atoms with van der Waals surface area (Å²) in [6.45, 7) is 2.81. The van der Waals surface area contributed by atoms with E-state index < -0.39 is 5.97 Å². The van der Waals surface area contributed by atoms with Gasteiger partial charge in [-0.05, 0) is 55.7 Å². The fourth-order valence-corrected chi connectivity index (χ4v) is 4.37. The van der Waals surface area contributed by atoms with E-state index in [2.05, 4.69) is 17.8 Å². The molecule has 6 heteroatoms. The highest BCUT2D eigenvalue weighted by Gasteiger charge is 2.48. The number of hydrogen-bond acceptors (Lipinski definition) is 4. The smallest absolute Gasteiger partial charge is 0.335 e. The van der Waals surface area contributed by atoms with E-state index in [0.29, 0.717) is 29.9 Å². The molecule has 2 aliphatic heterocycles. The highest BCUT2D eigenvalue weighted by atomic mass is 16.5. The van der Waals surface area contributed by atoms with Gasteiger partial charge in [-0.25, -0.2) is 10.2 Å². The SMILES string of the molecule is CCCCC(=O)NNC[C@@H]1[C@@H](CCc2ccc(C(=O)O)cc2)[C@H]2CC[C@@H]1O2. The van der Waals surface area contributed by atoms with Gasteiger partial charge in [-0.15, -0.1) is 0 Å². The normalized spacial score (nSPS) is 26.3. The number of benzene rings is 1. The second kappa shape index (κ2) is 9.33. The number of carbonyl (C=O) groups excluding carboxylic acids is 1. The van der Waals surface area contributed by atoms with Gasteiger partial charge in [-0.3, -0.25) is 10.2 Å². The van der Waals surface area contributed by atoms with Crippen LogP contribution in [0.1, 0.15) is 61.4 Å². The highest BCUT2D eigenvalue weighted by molar-refractivity contribution is 5.87. The number of rotatable bonds is 10. The largest absolute Gasteiger partial charge is 0.478 e. The minimum atomic E-state index is -0.893. The molecule has 1 aromatic carbocycles. The van der Waals surface area contributed by atoms with Crippen molar-refractivity contribution in [2.24, 2.45) is 11.8 Å². The zero-order valence-electron chi connectivity index (χ0n) is 15.9. The molecule has 0 saturated carbocycles. The molecule has 148 valence electrons. The molecule has 1 amide bonds. The van der Waals surface area contributed by atoms with Crippen LogP contribution in [0.15, 0.2) is 24.3 Å². The van der Waals surface area contributed by atoms with E-state index in [0.717, 1.165) is 50.6 Å². The molecule has 2 heterocycles. The Hall–Kier alpha value is -1.92. The van der Waals surface area contributed by atoms with Gasteiger partial charge in [0.25, 0.3) is 0 Å². The first-order valence-corrected chi connectivity index (χ1v) is 10.1. The number of aryl methyl sites for hydroxylation is 1. The average Bonchev–Trinajstić information content (AvgIpc) is 3.27. The molecular weight excluding hydrogens is 344 g/mol. The van der Waals surface area contributed by atoms with E-state index in [1.165, 1.54) is 0 Å². The molecule has 3 rings (SSSR count). The number of amides is 1. The number of carboxylic acids is 1. The Morgan fingerprint density at radius 3 is 2.52 bits per heavy atom. The number of aromatic carboxylic acids is 1. The van der Waals surface area contributed by atoms with Gasteiger partial charge in [0.05, 0.1) is 17.8 Å². The third kappa shape index (κ3) is 5.08. The Bertz CT molecular complexity index is 646. The van der Waals surface area contributed by atoms with Gasteiger partial charge in [-0.1, -0.05) is 25.5 Å². The molecule has 2 bridgehead atoms. The van der Waals surface area contributed by atoms with E-state index in [-0.39, 0.29) is 12.0 Å². The van der Waals surface area contributed by atoms with Gasteiger partial charge in [0.1, 0.15) is 0 Å². The van der Waals surface area contributed by atoms with Crippen molar-refractivity contribution in [2.45, 2.75) is 64.1 Å². The van der Waals surface area contributed by atoms with Crippen LogP contribution < -0.4 is 10.9 Å². The molecular formula is C21H30N2O4. The Morgan fingerprint density at radius 1 is 1.15 bits per heavy atom. The van der Waals surface area contributed by atoms with Crippen molar-refractivity contribution in [3.63, 3.8) is 0 Å². The van der Waals surface area contributed by atoms with Crippen LogP contribution in [0.4, 0.5) is 0 Å². The van der Waals surface area contributed by atoms with Crippen molar-refractivity contribution in [2.75, 3.05) is 6.54 Å². The number of hydrazine groups is 1. The van der Waals surface area contributed by atoms with Crippen LogP contribution in [0, 0.1) is 11.8 Å². The third-order valence-electron chi connectivity index (χ3n) is 5.88. The quantitative estimate of drug-likeness (QED) is 0.548. The second-order valence-corrected chi connectivity index (χ2v) is 7.69. The van der Waals surface area contributed by atoms with Gasteiger partial charge in [0.15, 0.2) is 0 Å². The summed E-state index contributed by atoms with van der Waals surface area (Å²) < 4.78 is 6.13. The van der Waals surface area contributed by atoms with E-state index in [9.17, 15) is 9.59 Å². The fourth-order valence-electron chi connectivity index (χ4n) is 4.37. The average molecular weight is 374 g/mol. The number of ether oxygens (including phenoxy) is 1. The standard InChI is InChI=1S/C21H30N2O4/c1-2-3-4-20(24)23-22-13-17-16(18-11-12-19(17)27-18)10-7-14-5-8-15(9-6-14)21(25)26/h5-6,8-9,16-19,22H,2-4,7,10-13H2,1H3,(H,23,24)(H,25,26)/t16-,17-,18-,19+/m1/s1. The first-order chi connectivity index (χ1) is 13.1. The van der Waals surface area contributed by atoms with E-state index in [1.54, 1.807) is 12.1 Å². The van der Waals surface area contributed by atoms with Crippen molar-refractivity contribution in [1.29, 1.82) is 0 Å². The monoisotopic (exact) mass is 374 g/mol. The Balaban J connectivity index is 1.49. The highest BCUT2D eigenvalue weighted by Crippen LogP contribution is 2.45. The molecule has 0 radical (unpaired) electrons. The van der Waals surface area contributed by atoms with Crippen LogP contribution >= 0.6 is 0 Å². The zero-order valence-corrected chi connectivity index (χ0v) is 15.9. The summed E-state index contributed by atoms with van der Waals surface area (Å²) in [6, 6.07) is 7.14. The Kier molecular flexibility index (Phi) is 6.85. The molecule has 0 aliphatic carbocycles. The van der Waals surface area contributed by atoms with E-state index >= 15 is 0 Å². The zero-order chi connectivity index (χ0) is 19.2. The lowest BCUT2D eigenvalue weighted by atomic mass is 9.76. The van der Waals surface area contributed by atoms with Crippen LogP contribution in [0.2, 0.25) is 0 Å². The molecule has 2 fully saturated rings. The summed E-state index contributed by atoms with van der Waals surface area (Å²) >= 11 is 0. The number of hydrogen-bond donors (Lipinski definition) is 3. The molecule has 3 N–H and O–H groups in total. The molecule has 4 atom stereocenters. The fraction of sp³-hybridized carbons (Fsp3) is 0.619. The molecule has 2 saturated heterocycles. The number of fused-ring (bicyclic) bond motifs is 2. The van der Waals surface area contributed by atoms with Crippen LogP contribution in [0.5, 0.6) is 0 Å². The Labute approximate surface area is 160 Å². The van der Waals surface area contributed by atoms with E-state index in [1.807, 2.05) is 12.1 Å². The van der Waals surface area contributed by atoms with Crippen molar-refractivity contribution in [3.8, 4) is 0 Å². The maximum Gasteiger partial charge on any atom is 0.335 e. The lowest BCUT2D eigenvalue weighted by molar-refractivity contribution is -0.122. The van der Waals surface area contributed by atoms with Crippen molar-refractivity contribution < 1.29 is 19.4 Å². The number of carbonyl (C=O) groups is 2. The van der Waals surface area contributed by atoms with Gasteiger partial charge in [-0.2, -0.15) is 0 Å². The topological polar surface area (TPSA) is 87.7 Å². The van der Waals surface area contributed by atoms with Crippen molar-refractivity contribution in [3.05, 3.63) is 35.4 Å². The molecule has 0 spiro atoms. The first kappa shape index (κ1) is 19.8. The summed E-state index contributed by atoms with van der Waals surface area (Å²) in [5, 5.41) is 9.00.